The van der Waals surface area contributed by atoms with Crippen molar-refractivity contribution in [2.24, 2.45) is 0 Å². The van der Waals surface area contributed by atoms with Crippen LogP contribution in [0.1, 0.15) is 37.8 Å². The zero-order valence-electron chi connectivity index (χ0n) is 14.0. The van der Waals surface area contributed by atoms with Crippen LogP contribution in [0.5, 0.6) is 0 Å². The molecule has 4 heteroatoms. The number of carbonyl (C=O) groups excluding carboxylic acids is 2. The van der Waals surface area contributed by atoms with Crippen molar-refractivity contribution in [1.29, 1.82) is 0 Å². The molecular weight excluding hydrogens is 276 g/mol. The molecule has 1 N–H and O–H groups in total. The molecule has 0 spiro atoms. The molecule has 1 aromatic carbocycles. The van der Waals surface area contributed by atoms with Crippen LogP contribution in [0.4, 0.5) is 0 Å². The number of fused-ring (bicyclic) bond motifs is 1. The van der Waals surface area contributed by atoms with E-state index in [0.29, 0.717) is 0 Å². The van der Waals surface area contributed by atoms with Crippen molar-refractivity contribution in [3.63, 3.8) is 0 Å². The monoisotopic (exact) mass is 302 g/mol. The number of rotatable bonds is 3. The molecule has 0 saturated heterocycles. The molecule has 4 nitrogen and oxygen atoms in total. The summed E-state index contributed by atoms with van der Waals surface area (Å²) >= 11 is 0. The number of carbonyl (C=O) groups is 2. The summed E-state index contributed by atoms with van der Waals surface area (Å²) in [6.45, 7) is 4.21. The first-order valence-electron chi connectivity index (χ1n) is 7.87. The van der Waals surface area contributed by atoms with Gasteiger partial charge in [0.25, 0.3) is 0 Å². The molecule has 1 aliphatic carbocycles. The molecule has 0 unspecified atom stereocenters. The van der Waals surface area contributed by atoms with Gasteiger partial charge in [-0.3, -0.25) is 14.5 Å². The second-order valence-electron chi connectivity index (χ2n) is 6.40. The molecule has 0 radical (unpaired) electrons. The molecule has 120 valence electrons. The number of hydrogen-bond donors (Lipinski definition) is 1. The highest BCUT2D eigenvalue weighted by atomic mass is 16.1. The first kappa shape index (κ1) is 16.8. The maximum Gasteiger partial charge on any atom is 0.149 e. The lowest BCUT2D eigenvalue weighted by atomic mass is 9.93. The van der Waals surface area contributed by atoms with Crippen molar-refractivity contribution in [2.75, 3.05) is 14.1 Å². The number of nitrogens with zero attached hydrogens (tertiary/aromatic N) is 1. The van der Waals surface area contributed by atoms with Crippen LogP contribution in [0.2, 0.25) is 0 Å². The van der Waals surface area contributed by atoms with Crippen molar-refractivity contribution in [3.8, 4) is 0 Å². The summed E-state index contributed by atoms with van der Waals surface area (Å²) in [5.41, 5.74) is 2.58. The van der Waals surface area contributed by atoms with Gasteiger partial charge in [-0.25, -0.2) is 0 Å². The molecule has 1 fully saturated rings. The number of likely N-dealkylation sites (N-methyl/N-ethyl adjacent to an activating group) is 2. The summed E-state index contributed by atoms with van der Waals surface area (Å²) in [4.78, 5) is 24.2. The molecular formula is C18H26N2O2. The summed E-state index contributed by atoms with van der Waals surface area (Å²) < 4.78 is 0. The third-order valence-electron chi connectivity index (χ3n) is 4.86. The first-order valence-corrected chi connectivity index (χ1v) is 7.87. The Morgan fingerprint density at radius 3 is 2.18 bits per heavy atom. The first-order chi connectivity index (χ1) is 10.4. The second kappa shape index (κ2) is 6.71. The molecule has 1 aliphatic heterocycles. The molecule has 3 rings (SSSR count). The Labute approximate surface area is 132 Å². The Morgan fingerprint density at radius 2 is 1.77 bits per heavy atom. The van der Waals surface area contributed by atoms with Crippen LogP contribution in [0, 0.1) is 0 Å². The van der Waals surface area contributed by atoms with E-state index in [2.05, 4.69) is 28.4 Å². The van der Waals surface area contributed by atoms with Crippen LogP contribution in [-0.4, -0.2) is 42.1 Å². The molecule has 1 aromatic rings. The number of benzene rings is 1. The number of hydrogen-bond acceptors (Lipinski definition) is 4. The van der Waals surface area contributed by atoms with Gasteiger partial charge in [0.1, 0.15) is 11.6 Å². The van der Waals surface area contributed by atoms with Crippen LogP contribution in [0.25, 0.3) is 0 Å². The third-order valence-corrected chi connectivity index (χ3v) is 4.86. The van der Waals surface area contributed by atoms with Crippen molar-refractivity contribution in [2.45, 2.75) is 51.2 Å². The minimum absolute atomic E-state index is 0.0740. The lowest BCUT2D eigenvalue weighted by molar-refractivity contribution is -0.122. The fourth-order valence-electron chi connectivity index (χ4n) is 3.01. The Bertz CT molecular complexity index is 564. The SMILES string of the molecule is CC(=O)[C@@H]1Cc2ccccc2CN1C.CNC1(C(C)=O)CC1. The van der Waals surface area contributed by atoms with E-state index in [0.717, 1.165) is 25.8 Å². The van der Waals surface area contributed by atoms with Crippen molar-refractivity contribution < 1.29 is 9.59 Å². The van der Waals surface area contributed by atoms with E-state index in [9.17, 15) is 9.59 Å². The van der Waals surface area contributed by atoms with Gasteiger partial charge in [-0.15, -0.1) is 0 Å². The second-order valence-corrected chi connectivity index (χ2v) is 6.40. The Balaban J connectivity index is 0.000000188. The van der Waals surface area contributed by atoms with Gasteiger partial charge in [0.15, 0.2) is 0 Å². The smallest absolute Gasteiger partial charge is 0.149 e. The van der Waals surface area contributed by atoms with Gasteiger partial charge in [0, 0.05) is 6.54 Å². The topological polar surface area (TPSA) is 49.4 Å². The summed E-state index contributed by atoms with van der Waals surface area (Å²) in [6, 6.07) is 8.44. The predicted molar refractivity (Wildman–Crippen MR) is 87.8 cm³/mol. The molecule has 2 aliphatic rings. The molecule has 0 aromatic heterocycles. The van der Waals surface area contributed by atoms with Crippen LogP contribution in [0.3, 0.4) is 0 Å². The highest BCUT2D eigenvalue weighted by Gasteiger charge is 2.45. The van der Waals surface area contributed by atoms with Gasteiger partial charge in [-0.05, 0) is 58.3 Å². The molecule has 22 heavy (non-hydrogen) atoms. The normalized spacial score (nSPS) is 22.1. The zero-order valence-corrected chi connectivity index (χ0v) is 14.0. The summed E-state index contributed by atoms with van der Waals surface area (Å²) in [7, 11) is 3.86. The van der Waals surface area contributed by atoms with E-state index in [4.69, 9.17) is 0 Å². The van der Waals surface area contributed by atoms with Gasteiger partial charge in [0.05, 0.1) is 11.6 Å². The van der Waals surface area contributed by atoms with Crippen molar-refractivity contribution in [1.82, 2.24) is 10.2 Å². The number of ketones is 2. The average Bonchev–Trinajstić information content (AvgIpc) is 3.28. The van der Waals surface area contributed by atoms with Gasteiger partial charge < -0.3 is 5.32 Å². The predicted octanol–water partition coefficient (Wildman–Crippen LogP) is 1.96. The molecule has 0 amide bonds. The van der Waals surface area contributed by atoms with E-state index in [-0.39, 0.29) is 23.1 Å². The lowest BCUT2D eigenvalue weighted by Gasteiger charge is -2.32. The van der Waals surface area contributed by atoms with Crippen LogP contribution in [-0.2, 0) is 22.6 Å². The van der Waals surface area contributed by atoms with Gasteiger partial charge in [-0.2, -0.15) is 0 Å². The zero-order chi connectivity index (χ0) is 16.3. The third kappa shape index (κ3) is 3.62. The van der Waals surface area contributed by atoms with Gasteiger partial charge >= 0.3 is 0 Å². The molecule has 1 atom stereocenters. The standard InChI is InChI=1S/C12H15NO.C6H11NO/c1-9(14)12-7-10-5-3-4-6-11(10)8-13(12)2;1-5(8)6(7-2)3-4-6/h3-6,12H,7-8H2,1-2H3;7H,3-4H2,1-2H3/t12-;/m0./s1. The minimum atomic E-state index is -0.0972. The highest BCUT2D eigenvalue weighted by molar-refractivity contribution is 5.89. The van der Waals surface area contributed by atoms with Crippen molar-refractivity contribution >= 4 is 11.6 Å². The summed E-state index contributed by atoms with van der Waals surface area (Å²) in [5, 5.41) is 3.00. The molecule has 0 bridgehead atoms. The average molecular weight is 302 g/mol. The van der Waals surface area contributed by atoms with Crippen LogP contribution < -0.4 is 5.32 Å². The van der Waals surface area contributed by atoms with Gasteiger partial charge in [-0.1, -0.05) is 24.3 Å². The van der Waals surface area contributed by atoms with E-state index in [1.54, 1.807) is 13.8 Å². The Morgan fingerprint density at radius 1 is 1.18 bits per heavy atom. The summed E-state index contributed by atoms with van der Waals surface area (Å²) in [5.74, 6) is 0.544. The maximum absolute atomic E-state index is 11.4. The van der Waals surface area contributed by atoms with Crippen LogP contribution >= 0.6 is 0 Å². The fourth-order valence-corrected chi connectivity index (χ4v) is 3.01. The minimum Gasteiger partial charge on any atom is -0.308 e. The Hall–Kier alpha value is -1.52. The molecule has 1 saturated carbocycles. The quantitative estimate of drug-likeness (QED) is 0.927. The Kier molecular flexibility index (Phi) is 5.14. The van der Waals surface area contributed by atoms with Crippen molar-refractivity contribution in [3.05, 3.63) is 35.4 Å². The van der Waals surface area contributed by atoms with E-state index >= 15 is 0 Å². The number of Topliss-reactive ketones (excluding diaryl/α,β-unsaturated/α-hetero) is 2. The number of nitrogens with one attached hydrogen (secondary N) is 1. The van der Waals surface area contributed by atoms with E-state index < -0.39 is 0 Å². The van der Waals surface area contributed by atoms with Crippen LogP contribution in [0.15, 0.2) is 24.3 Å². The highest BCUT2D eigenvalue weighted by Crippen LogP contribution is 2.35. The summed E-state index contributed by atoms with van der Waals surface area (Å²) in [6.07, 6.45) is 2.92. The lowest BCUT2D eigenvalue weighted by Crippen LogP contribution is -2.42. The van der Waals surface area contributed by atoms with Gasteiger partial charge in [0.2, 0.25) is 0 Å². The largest absolute Gasteiger partial charge is 0.308 e. The van der Waals surface area contributed by atoms with E-state index in [1.165, 1.54) is 11.1 Å². The fraction of sp³-hybridized carbons (Fsp3) is 0.556. The van der Waals surface area contributed by atoms with E-state index in [1.807, 2.05) is 20.2 Å². The molecule has 1 heterocycles. The maximum atomic E-state index is 11.4.